The molecule has 9 heteroatoms. The molecule has 2 heterocycles. The summed E-state index contributed by atoms with van der Waals surface area (Å²) < 4.78 is 11.0. The second-order valence-electron chi connectivity index (χ2n) is 10.3. The standard InChI is InChI=1S/C28H32N4O5/c1-15-8-9-30-23(10-15)32-27(35)24-16(2)31-18-12-28(3,4)13-19(33)26(18)25(24)17-6-7-20(21(11-17)36-5)37-14-22(29)34/h6-11,24-25,31H,2,12-14H2,1,3-5H3,(H2,29,34)(H,30,32,35). The molecule has 2 unspecified atom stereocenters. The van der Waals surface area contributed by atoms with Crippen molar-refractivity contribution >= 4 is 23.4 Å². The smallest absolute Gasteiger partial charge is 0.255 e. The summed E-state index contributed by atoms with van der Waals surface area (Å²) in [6.07, 6.45) is 2.63. The van der Waals surface area contributed by atoms with E-state index < -0.39 is 17.7 Å². The molecule has 0 radical (unpaired) electrons. The van der Waals surface area contributed by atoms with Crippen LogP contribution in [0.25, 0.3) is 0 Å². The van der Waals surface area contributed by atoms with E-state index in [1.807, 2.05) is 26.8 Å². The fourth-order valence-corrected chi connectivity index (χ4v) is 5.07. The van der Waals surface area contributed by atoms with E-state index in [1.165, 1.54) is 7.11 Å². The molecule has 4 N–H and O–H groups in total. The molecule has 1 aliphatic heterocycles. The van der Waals surface area contributed by atoms with Crippen molar-refractivity contribution in [1.82, 2.24) is 10.3 Å². The fraction of sp³-hybridized carbons (Fsp3) is 0.357. The van der Waals surface area contributed by atoms with Gasteiger partial charge in [-0.2, -0.15) is 0 Å². The molecule has 9 nitrogen and oxygen atoms in total. The van der Waals surface area contributed by atoms with Gasteiger partial charge in [-0.1, -0.05) is 26.5 Å². The quantitative estimate of drug-likeness (QED) is 0.527. The highest BCUT2D eigenvalue weighted by atomic mass is 16.5. The molecule has 4 rings (SSSR count). The summed E-state index contributed by atoms with van der Waals surface area (Å²) in [5, 5.41) is 6.17. The number of Topliss-reactive ketones (excluding diaryl/α,β-unsaturated/α-hetero) is 1. The number of anilines is 1. The normalized spacial score (nSPS) is 20.5. The largest absolute Gasteiger partial charge is 0.493 e. The molecule has 37 heavy (non-hydrogen) atoms. The van der Waals surface area contributed by atoms with E-state index in [-0.39, 0.29) is 23.7 Å². The third kappa shape index (κ3) is 5.50. The number of aryl methyl sites for hydroxylation is 1. The Bertz CT molecular complexity index is 1310. The van der Waals surface area contributed by atoms with Crippen LogP contribution in [0.3, 0.4) is 0 Å². The van der Waals surface area contributed by atoms with Gasteiger partial charge >= 0.3 is 0 Å². The number of rotatable bonds is 7. The van der Waals surface area contributed by atoms with Crippen LogP contribution in [-0.2, 0) is 14.4 Å². The lowest BCUT2D eigenvalue weighted by Gasteiger charge is -2.42. The topological polar surface area (TPSA) is 133 Å². The number of carbonyl (C=O) groups is 3. The minimum Gasteiger partial charge on any atom is -0.493 e. The van der Waals surface area contributed by atoms with Gasteiger partial charge in [0, 0.05) is 35.5 Å². The van der Waals surface area contributed by atoms with Crippen LogP contribution in [0.2, 0.25) is 0 Å². The van der Waals surface area contributed by atoms with Crippen LogP contribution < -0.4 is 25.8 Å². The summed E-state index contributed by atoms with van der Waals surface area (Å²) in [5.41, 5.74) is 8.47. The number of amides is 2. The molecule has 2 aliphatic rings. The van der Waals surface area contributed by atoms with Gasteiger partial charge in [-0.15, -0.1) is 0 Å². The third-order valence-electron chi connectivity index (χ3n) is 6.62. The summed E-state index contributed by atoms with van der Waals surface area (Å²) in [7, 11) is 1.48. The third-order valence-corrected chi connectivity index (χ3v) is 6.62. The van der Waals surface area contributed by atoms with Crippen molar-refractivity contribution in [2.24, 2.45) is 17.1 Å². The van der Waals surface area contributed by atoms with Crippen LogP contribution in [0.5, 0.6) is 11.5 Å². The first-order valence-corrected chi connectivity index (χ1v) is 12.0. The average Bonchev–Trinajstić information content (AvgIpc) is 2.80. The van der Waals surface area contributed by atoms with E-state index >= 15 is 0 Å². The van der Waals surface area contributed by atoms with Crippen molar-refractivity contribution in [1.29, 1.82) is 0 Å². The van der Waals surface area contributed by atoms with Crippen molar-refractivity contribution < 1.29 is 23.9 Å². The zero-order valence-corrected chi connectivity index (χ0v) is 21.5. The maximum Gasteiger partial charge on any atom is 0.255 e. The Labute approximate surface area is 216 Å². The summed E-state index contributed by atoms with van der Waals surface area (Å²) >= 11 is 0. The summed E-state index contributed by atoms with van der Waals surface area (Å²) in [4.78, 5) is 42.7. The van der Waals surface area contributed by atoms with Crippen molar-refractivity contribution in [3.05, 3.63) is 71.2 Å². The highest BCUT2D eigenvalue weighted by molar-refractivity contribution is 6.03. The molecular weight excluding hydrogens is 472 g/mol. The Morgan fingerprint density at radius 2 is 1.97 bits per heavy atom. The molecule has 0 fully saturated rings. The minimum absolute atomic E-state index is 0.0178. The number of ether oxygens (including phenoxy) is 2. The number of carbonyl (C=O) groups excluding carboxylic acids is 3. The lowest BCUT2D eigenvalue weighted by atomic mass is 9.66. The summed E-state index contributed by atoms with van der Waals surface area (Å²) in [6, 6.07) is 8.76. The first-order chi connectivity index (χ1) is 17.5. The number of allylic oxidation sites excluding steroid dienone is 2. The summed E-state index contributed by atoms with van der Waals surface area (Å²) in [6.45, 7) is 9.87. The van der Waals surface area contributed by atoms with E-state index in [0.29, 0.717) is 47.0 Å². The zero-order chi connectivity index (χ0) is 26.9. The minimum atomic E-state index is -0.798. The maximum absolute atomic E-state index is 13.7. The van der Waals surface area contributed by atoms with E-state index in [9.17, 15) is 14.4 Å². The summed E-state index contributed by atoms with van der Waals surface area (Å²) in [5.74, 6) is -1.29. The van der Waals surface area contributed by atoms with Crippen molar-refractivity contribution in [3.63, 3.8) is 0 Å². The number of nitrogens with two attached hydrogens (primary N) is 1. The number of ketones is 1. The van der Waals surface area contributed by atoms with Gasteiger partial charge in [0.05, 0.1) is 13.0 Å². The number of hydrogen-bond donors (Lipinski definition) is 3. The Morgan fingerprint density at radius 3 is 2.65 bits per heavy atom. The van der Waals surface area contributed by atoms with Crippen LogP contribution in [0, 0.1) is 18.3 Å². The number of aromatic nitrogens is 1. The lowest BCUT2D eigenvalue weighted by molar-refractivity contribution is -0.121. The zero-order valence-electron chi connectivity index (χ0n) is 21.5. The molecule has 194 valence electrons. The van der Waals surface area contributed by atoms with Crippen LogP contribution in [0.4, 0.5) is 5.82 Å². The van der Waals surface area contributed by atoms with E-state index in [1.54, 1.807) is 30.5 Å². The van der Waals surface area contributed by atoms with Gasteiger partial charge in [-0.3, -0.25) is 14.4 Å². The molecule has 1 aliphatic carbocycles. The van der Waals surface area contributed by atoms with E-state index in [4.69, 9.17) is 15.2 Å². The van der Waals surface area contributed by atoms with Gasteiger partial charge in [0.25, 0.3) is 5.91 Å². The van der Waals surface area contributed by atoms with Crippen molar-refractivity contribution in [2.45, 2.75) is 39.5 Å². The second kappa shape index (κ2) is 10.1. The maximum atomic E-state index is 13.7. The van der Waals surface area contributed by atoms with E-state index in [0.717, 1.165) is 11.3 Å². The highest BCUT2D eigenvalue weighted by Gasteiger charge is 2.46. The van der Waals surface area contributed by atoms with Gasteiger partial charge < -0.3 is 25.8 Å². The van der Waals surface area contributed by atoms with E-state index in [2.05, 4.69) is 22.2 Å². The molecule has 0 spiro atoms. The van der Waals surface area contributed by atoms with Gasteiger partial charge in [0.15, 0.2) is 23.9 Å². The predicted molar refractivity (Wildman–Crippen MR) is 139 cm³/mol. The molecule has 2 amide bonds. The Morgan fingerprint density at radius 1 is 1.22 bits per heavy atom. The number of primary amides is 1. The van der Waals surface area contributed by atoms with Crippen LogP contribution in [-0.4, -0.2) is 36.3 Å². The fourth-order valence-electron chi connectivity index (χ4n) is 5.07. The first kappa shape index (κ1) is 25.9. The van der Waals surface area contributed by atoms with Gasteiger partial charge in [-0.25, -0.2) is 4.98 Å². The Kier molecular flexibility index (Phi) is 7.07. The molecule has 0 saturated heterocycles. The number of hydrogen-bond acceptors (Lipinski definition) is 7. The molecule has 2 aromatic rings. The Balaban J connectivity index is 1.80. The van der Waals surface area contributed by atoms with Gasteiger partial charge in [0.2, 0.25) is 5.91 Å². The number of methoxy groups -OCH3 is 1. The Hall–Kier alpha value is -4.14. The second-order valence-corrected chi connectivity index (χ2v) is 10.3. The molecule has 1 aromatic heterocycles. The first-order valence-electron chi connectivity index (χ1n) is 12.0. The lowest BCUT2D eigenvalue weighted by Crippen LogP contribution is -2.44. The number of pyridine rings is 1. The van der Waals surface area contributed by atoms with Crippen molar-refractivity contribution in [3.8, 4) is 11.5 Å². The SMILES string of the molecule is C=C1NC2=C(C(=O)CC(C)(C)C2)C(c2ccc(OCC(N)=O)c(OC)c2)C1C(=O)Nc1cc(C)ccn1. The van der Waals surface area contributed by atoms with Crippen LogP contribution in [0.1, 0.15) is 43.7 Å². The molecule has 0 bridgehead atoms. The van der Waals surface area contributed by atoms with Gasteiger partial charge in [-0.05, 0) is 54.2 Å². The number of benzene rings is 1. The van der Waals surface area contributed by atoms with Gasteiger partial charge in [0.1, 0.15) is 5.82 Å². The van der Waals surface area contributed by atoms with Crippen LogP contribution >= 0.6 is 0 Å². The number of nitrogens with zero attached hydrogens (tertiary/aromatic N) is 1. The van der Waals surface area contributed by atoms with Crippen molar-refractivity contribution in [2.75, 3.05) is 19.0 Å². The van der Waals surface area contributed by atoms with Crippen LogP contribution in [0.15, 0.2) is 60.1 Å². The highest BCUT2D eigenvalue weighted by Crippen LogP contribution is 2.49. The molecular formula is C28H32N4O5. The monoisotopic (exact) mass is 504 g/mol. The molecule has 0 saturated carbocycles. The predicted octanol–water partition coefficient (Wildman–Crippen LogP) is 3.36. The average molecular weight is 505 g/mol. The molecule has 1 aromatic carbocycles. The number of nitrogens with one attached hydrogen (secondary N) is 2. The molecule has 2 atom stereocenters.